The van der Waals surface area contributed by atoms with E-state index in [9.17, 15) is 18.0 Å². The van der Waals surface area contributed by atoms with Crippen LogP contribution in [0.25, 0.3) is 0 Å². The van der Waals surface area contributed by atoms with Crippen molar-refractivity contribution >= 4 is 23.2 Å². The largest absolute Gasteiger partial charge is 0.405 e. The summed E-state index contributed by atoms with van der Waals surface area (Å²) >= 11 is 5.86. The lowest BCUT2D eigenvalue weighted by Crippen LogP contribution is -2.53. The van der Waals surface area contributed by atoms with Crippen LogP contribution >= 0.6 is 11.6 Å². The number of hydrogen-bond acceptors (Lipinski definition) is 3. The lowest BCUT2D eigenvalue weighted by Gasteiger charge is -2.47. The minimum Gasteiger partial charge on any atom is -0.376 e. The third-order valence-electron chi connectivity index (χ3n) is 4.62. The Hall–Kier alpha value is -1.47. The van der Waals surface area contributed by atoms with Crippen molar-refractivity contribution < 1.29 is 22.7 Å². The van der Waals surface area contributed by atoms with Crippen LogP contribution in [0.3, 0.4) is 0 Å². The maximum atomic E-state index is 12.7. The molecule has 132 valence electrons. The third kappa shape index (κ3) is 3.78. The molecule has 1 amide bonds. The highest BCUT2D eigenvalue weighted by Crippen LogP contribution is 2.37. The SMILES string of the molecule is O=C(c1ccc(Cl)cc1NCC(F)(F)F)N1CCC2(CCO2)CC1. The van der Waals surface area contributed by atoms with Crippen molar-refractivity contribution in [3.63, 3.8) is 0 Å². The topological polar surface area (TPSA) is 41.6 Å². The molecule has 8 heteroatoms. The number of alkyl halides is 3. The van der Waals surface area contributed by atoms with Gasteiger partial charge in [-0.15, -0.1) is 0 Å². The monoisotopic (exact) mass is 362 g/mol. The Balaban J connectivity index is 1.72. The number of amides is 1. The maximum absolute atomic E-state index is 12.7. The summed E-state index contributed by atoms with van der Waals surface area (Å²) in [6, 6.07) is 4.32. The Bertz CT molecular complexity index is 622. The van der Waals surface area contributed by atoms with Crippen LogP contribution in [-0.2, 0) is 4.74 Å². The highest BCUT2D eigenvalue weighted by molar-refractivity contribution is 6.31. The number of hydrogen-bond donors (Lipinski definition) is 1. The molecule has 0 radical (unpaired) electrons. The summed E-state index contributed by atoms with van der Waals surface area (Å²) in [6.45, 7) is 0.627. The summed E-state index contributed by atoms with van der Waals surface area (Å²) in [6.07, 6.45) is -1.84. The Morgan fingerprint density at radius 3 is 2.50 bits per heavy atom. The number of halogens is 4. The summed E-state index contributed by atoms with van der Waals surface area (Å²) in [5.41, 5.74) is 0.216. The van der Waals surface area contributed by atoms with Gasteiger partial charge in [0.15, 0.2) is 0 Å². The standard InChI is InChI=1S/C16H18ClF3N2O2/c17-11-1-2-12(13(9-11)21-10-16(18,19)20)14(23)22-6-3-15(4-7-22)5-8-24-15/h1-2,9,21H,3-8,10H2. The van der Waals surface area contributed by atoms with Gasteiger partial charge in [0.1, 0.15) is 6.54 Å². The molecule has 2 aliphatic rings. The molecule has 2 aliphatic heterocycles. The fraction of sp³-hybridized carbons (Fsp3) is 0.562. The maximum Gasteiger partial charge on any atom is 0.405 e. The number of anilines is 1. The van der Waals surface area contributed by atoms with E-state index in [2.05, 4.69) is 5.32 Å². The average Bonchev–Trinajstić information content (AvgIpc) is 2.50. The minimum absolute atomic E-state index is 0.0891. The predicted molar refractivity (Wildman–Crippen MR) is 84.4 cm³/mol. The van der Waals surface area contributed by atoms with Gasteiger partial charge in [0.05, 0.1) is 17.8 Å². The zero-order valence-corrected chi connectivity index (χ0v) is 13.7. The van der Waals surface area contributed by atoms with Crippen molar-refractivity contribution in [3.05, 3.63) is 28.8 Å². The number of carbonyl (C=O) groups is 1. The van der Waals surface area contributed by atoms with Crippen molar-refractivity contribution in [3.8, 4) is 0 Å². The first kappa shape index (κ1) is 17.4. The second kappa shape index (κ2) is 6.44. The summed E-state index contributed by atoms with van der Waals surface area (Å²) in [7, 11) is 0. The molecule has 1 aromatic carbocycles. The van der Waals surface area contributed by atoms with Gasteiger partial charge in [-0.3, -0.25) is 4.79 Å². The number of likely N-dealkylation sites (tertiary alicyclic amines) is 1. The quantitative estimate of drug-likeness (QED) is 0.891. The first-order valence-corrected chi connectivity index (χ1v) is 8.19. The molecule has 1 N–H and O–H groups in total. The summed E-state index contributed by atoms with van der Waals surface area (Å²) in [5.74, 6) is -0.287. The summed E-state index contributed by atoms with van der Waals surface area (Å²) in [5, 5.41) is 2.55. The molecule has 2 heterocycles. The van der Waals surface area contributed by atoms with Crippen molar-refractivity contribution in [2.75, 3.05) is 31.6 Å². The van der Waals surface area contributed by atoms with Gasteiger partial charge in [0, 0.05) is 23.8 Å². The smallest absolute Gasteiger partial charge is 0.376 e. The summed E-state index contributed by atoms with van der Waals surface area (Å²) < 4.78 is 43.0. The van der Waals surface area contributed by atoms with E-state index in [-0.39, 0.29) is 27.8 Å². The first-order chi connectivity index (χ1) is 11.3. The van der Waals surface area contributed by atoms with E-state index in [1.807, 2.05) is 0 Å². The van der Waals surface area contributed by atoms with E-state index < -0.39 is 12.7 Å². The van der Waals surface area contributed by atoms with E-state index in [1.165, 1.54) is 18.2 Å². The van der Waals surface area contributed by atoms with Gasteiger partial charge in [-0.1, -0.05) is 11.6 Å². The molecule has 2 fully saturated rings. The van der Waals surface area contributed by atoms with E-state index >= 15 is 0 Å². The molecule has 0 atom stereocenters. The highest BCUT2D eigenvalue weighted by Gasteiger charge is 2.42. The number of benzene rings is 1. The molecule has 0 unspecified atom stereocenters. The van der Waals surface area contributed by atoms with Crippen LogP contribution in [0, 0.1) is 0 Å². The second-order valence-corrected chi connectivity index (χ2v) is 6.67. The summed E-state index contributed by atoms with van der Waals surface area (Å²) in [4.78, 5) is 14.4. The second-order valence-electron chi connectivity index (χ2n) is 6.23. The Morgan fingerprint density at radius 2 is 1.96 bits per heavy atom. The molecule has 1 spiro atoms. The van der Waals surface area contributed by atoms with Gasteiger partial charge in [-0.2, -0.15) is 13.2 Å². The highest BCUT2D eigenvalue weighted by atomic mass is 35.5. The minimum atomic E-state index is -4.37. The van der Waals surface area contributed by atoms with Gasteiger partial charge in [0.25, 0.3) is 5.91 Å². The van der Waals surface area contributed by atoms with Crippen LogP contribution in [-0.4, -0.2) is 48.8 Å². The van der Waals surface area contributed by atoms with Gasteiger partial charge in [-0.25, -0.2) is 0 Å². The van der Waals surface area contributed by atoms with Crippen molar-refractivity contribution in [2.45, 2.75) is 31.0 Å². The van der Waals surface area contributed by atoms with Crippen LogP contribution in [0.1, 0.15) is 29.6 Å². The lowest BCUT2D eigenvalue weighted by molar-refractivity contribution is -0.169. The van der Waals surface area contributed by atoms with E-state index in [4.69, 9.17) is 16.3 Å². The van der Waals surface area contributed by atoms with Gasteiger partial charge < -0.3 is 15.0 Å². The molecule has 4 nitrogen and oxygen atoms in total. The third-order valence-corrected chi connectivity index (χ3v) is 4.85. The Kier molecular flexibility index (Phi) is 4.66. The van der Waals surface area contributed by atoms with Crippen LogP contribution in [0.2, 0.25) is 5.02 Å². The number of ether oxygens (including phenoxy) is 1. The number of rotatable bonds is 3. The number of carbonyl (C=O) groups excluding carboxylic acids is 1. The molecule has 3 rings (SSSR count). The lowest BCUT2D eigenvalue weighted by atomic mass is 9.84. The first-order valence-electron chi connectivity index (χ1n) is 7.81. The van der Waals surface area contributed by atoms with Crippen LogP contribution in [0.5, 0.6) is 0 Å². The number of piperidine rings is 1. The van der Waals surface area contributed by atoms with E-state index in [0.717, 1.165) is 25.9 Å². The Labute approximate surface area is 142 Å². The molecular formula is C16H18ClF3N2O2. The molecule has 0 bridgehead atoms. The Morgan fingerprint density at radius 1 is 1.29 bits per heavy atom. The molecule has 24 heavy (non-hydrogen) atoms. The molecule has 0 aromatic heterocycles. The molecule has 0 aliphatic carbocycles. The predicted octanol–water partition coefficient (Wildman–Crippen LogP) is 3.71. The van der Waals surface area contributed by atoms with Crippen LogP contribution in [0.15, 0.2) is 18.2 Å². The van der Waals surface area contributed by atoms with Crippen molar-refractivity contribution in [1.82, 2.24) is 4.90 Å². The number of nitrogens with zero attached hydrogens (tertiary/aromatic N) is 1. The molecule has 0 saturated carbocycles. The van der Waals surface area contributed by atoms with E-state index in [0.29, 0.717) is 13.1 Å². The van der Waals surface area contributed by atoms with Crippen molar-refractivity contribution in [2.24, 2.45) is 0 Å². The zero-order valence-electron chi connectivity index (χ0n) is 13.0. The van der Waals surface area contributed by atoms with E-state index in [1.54, 1.807) is 4.90 Å². The fourth-order valence-corrected chi connectivity index (χ4v) is 3.29. The van der Waals surface area contributed by atoms with Crippen LogP contribution < -0.4 is 5.32 Å². The average molecular weight is 363 g/mol. The van der Waals surface area contributed by atoms with Gasteiger partial charge >= 0.3 is 6.18 Å². The molecular weight excluding hydrogens is 345 g/mol. The molecule has 1 aromatic rings. The van der Waals surface area contributed by atoms with Crippen LogP contribution in [0.4, 0.5) is 18.9 Å². The zero-order chi connectivity index (χ0) is 17.4. The number of nitrogens with one attached hydrogen (secondary N) is 1. The fourth-order valence-electron chi connectivity index (χ4n) is 3.12. The van der Waals surface area contributed by atoms with Gasteiger partial charge in [-0.05, 0) is 37.5 Å². The van der Waals surface area contributed by atoms with Gasteiger partial charge in [0.2, 0.25) is 0 Å². The van der Waals surface area contributed by atoms with Crippen molar-refractivity contribution in [1.29, 1.82) is 0 Å². The molecule has 2 saturated heterocycles. The normalized spacial score (nSPS) is 19.9.